The zero-order valence-corrected chi connectivity index (χ0v) is 12.6. The molecule has 0 amide bonds. The SMILES string of the molecule is COc1ccc(NCCOc2cccc(Br)c2)cc1F. The second-order valence-corrected chi connectivity index (χ2v) is 5.00. The van der Waals surface area contributed by atoms with Crippen LogP contribution >= 0.6 is 15.9 Å². The number of hydrogen-bond donors (Lipinski definition) is 1. The van der Waals surface area contributed by atoms with Crippen LogP contribution in [-0.2, 0) is 0 Å². The maximum Gasteiger partial charge on any atom is 0.167 e. The first kappa shape index (κ1) is 14.7. The second kappa shape index (κ2) is 7.14. The first-order chi connectivity index (χ1) is 9.69. The molecule has 0 fully saturated rings. The highest BCUT2D eigenvalue weighted by Crippen LogP contribution is 2.20. The molecule has 20 heavy (non-hydrogen) atoms. The number of nitrogens with one attached hydrogen (secondary N) is 1. The molecule has 0 spiro atoms. The van der Waals surface area contributed by atoms with Gasteiger partial charge < -0.3 is 14.8 Å². The number of halogens is 2. The van der Waals surface area contributed by atoms with Crippen LogP contribution < -0.4 is 14.8 Å². The molecule has 0 radical (unpaired) electrons. The minimum absolute atomic E-state index is 0.237. The fraction of sp³-hybridized carbons (Fsp3) is 0.200. The highest BCUT2D eigenvalue weighted by Gasteiger charge is 2.02. The van der Waals surface area contributed by atoms with Gasteiger partial charge in [0.2, 0.25) is 0 Å². The molecule has 2 aromatic rings. The van der Waals surface area contributed by atoms with Crippen molar-refractivity contribution in [3.05, 3.63) is 52.8 Å². The van der Waals surface area contributed by atoms with E-state index in [-0.39, 0.29) is 11.6 Å². The van der Waals surface area contributed by atoms with Crippen LogP contribution in [0.5, 0.6) is 11.5 Å². The van der Waals surface area contributed by atoms with Gasteiger partial charge in [-0.1, -0.05) is 22.0 Å². The molecule has 0 unspecified atom stereocenters. The van der Waals surface area contributed by atoms with Crippen LogP contribution in [0.3, 0.4) is 0 Å². The summed E-state index contributed by atoms with van der Waals surface area (Å²) in [4.78, 5) is 0. The predicted octanol–water partition coefficient (Wildman–Crippen LogP) is 4.09. The largest absolute Gasteiger partial charge is 0.494 e. The summed E-state index contributed by atoms with van der Waals surface area (Å²) >= 11 is 3.38. The Bertz CT molecular complexity index is 578. The van der Waals surface area contributed by atoms with Crippen LogP contribution in [0.1, 0.15) is 0 Å². The minimum Gasteiger partial charge on any atom is -0.494 e. The van der Waals surface area contributed by atoms with Gasteiger partial charge in [0.1, 0.15) is 12.4 Å². The highest BCUT2D eigenvalue weighted by atomic mass is 79.9. The van der Waals surface area contributed by atoms with E-state index in [4.69, 9.17) is 9.47 Å². The fourth-order valence-electron chi connectivity index (χ4n) is 1.70. The summed E-state index contributed by atoms with van der Waals surface area (Å²) in [5.74, 6) is 0.647. The van der Waals surface area contributed by atoms with Gasteiger partial charge >= 0.3 is 0 Å². The minimum atomic E-state index is -0.384. The van der Waals surface area contributed by atoms with Crippen LogP contribution in [0, 0.1) is 5.82 Å². The van der Waals surface area contributed by atoms with Gasteiger partial charge in [-0.3, -0.25) is 0 Å². The van der Waals surface area contributed by atoms with Crippen molar-refractivity contribution < 1.29 is 13.9 Å². The molecular weight excluding hydrogens is 325 g/mol. The topological polar surface area (TPSA) is 30.5 Å². The number of hydrogen-bond acceptors (Lipinski definition) is 3. The molecular formula is C15H15BrFNO2. The van der Waals surface area contributed by atoms with E-state index in [1.807, 2.05) is 24.3 Å². The maximum atomic E-state index is 13.5. The summed E-state index contributed by atoms with van der Waals surface area (Å²) in [5.41, 5.74) is 0.696. The summed E-state index contributed by atoms with van der Waals surface area (Å²) in [6, 6.07) is 12.4. The van der Waals surface area contributed by atoms with E-state index in [0.29, 0.717) is 18.8 Å². The summed E-state index contributed by atoms with van der Waals surface area (Å²) in [6.07, 6.45) is 0. The van der Waals surface area contributed by atoms with Gasteiger partial charge in [0, 0.05) is 22.8 Å². The van der Waals surface area contributed by atoms with E-state index >= 15 is 0 Å². The second-order valence-electron chi connectivity index (χ2n) is 4.08. The van der Waals surface area contributed by atoms with Gasteiger partial charge in [-0.25, -0.2) is 4.39 Å². The summed E-state index contributed by atoms with van der Waals surface area (Å²) in [7, 11) is 1.44. The smallest absolute Gasteiger partial charge is 0.167 e. The zero-order valence-electron chi connectivity index (χ0n) is 11.0. The normalized spacial score (nSPS) is 10.2. The Morgan fingerprint density at radius 1 is 1.20 bits per heavy atom. The van der Waals surface area contributed by atoms with Crippen LogP contribution in [0.15, 0.2) is 46.9 Å². The van der Waals surface area contributed by atoms with E-state index in [0.717, 1.165) is 10.2 Å². The molecule has 0 bridgehead atoms. The molecule has 0 aromatic heterocycles. The Morgan fingerprint density at radius 2 is 2.05 bits per heavy atom. The molecule has 0 atom stereocenters. The van der Waals surface area contributed by atoms with Gasteiger partial charge in [0.25, 0.3) is 0 Å². The summed E-state index contributed by atoms with van der Waals surface area (Å²) < 4.78 is 24.9. The highest BCUT2D eigenvalue weighted by molar-refractivity contribution is 9.10. The monoisotopic (exact) mass is 339 g/mol. The van der Waals surface area contributed by atoms with Gasteiger partial charge in [-0.15, -0.1) is 0 Å². The number of benzene rings is 2. The van der Waals surface area contributed by atoms with Gasteiger partial charge in [0.15, 0.2) is 11.6 Å². The Labute approximate surface area is 125 Å². The van der Waals surface area contributed by atoms with Crippen LogP contribution in [0.2, 0.25) is 0 Å². The van der Waals surface area contributed by atoms with Crippen molar-refractivity contribution in [2.75, 3.05) is 25.6 Å². The molecule has 2 aromatic carbocycles. The van der Waals surface area contributed by atoms with Crippen molar-refractivity contribution in [1.82, 2.24) is 0 Å². The molecule has 0 aliphatic carbocycles. The number of anilines is 1. The molecule has 5 heteroatoms. The lowest BCUT2D eigenvalue weighted by Crippen LogP contribution is -2.11. The third-order valence-electron chi connectivity index (χ3n) is 2.65. The van der Waals surface area contributed by atoms with Crippen LogP contribution in [0.25, 0.3) is 0 Å². The molecule has 0 saturated heterocycles. The molecule has 0 aliphatic rings. The average molecular weight is 340 g/mol. The van der Waals surface area contributed by atoms with E-state index in [9.17, 15) is 4.39 Å². The molecule has 0 heterocycles. The average Bonchev–Trinajstić information content (AvgIpc) is 2.44. The third-order valence-corrected chi connectivity index (χ3v) is 3.14. The van der Waals surface area contributed by atoms with Crippen molar-refractivity contribution in [2.24, 2.45) is 0 Å². The van der Waals surface area contributed by atoms with Crippen molar-refractivity contribution in [3.63, 3.8) is 0 Å². The van der Waals surface area contributed by atoms with Crippen molar-refractivity contribution >= 4 is 21.6 Å². The maximum absolute atomic E-state index is 13.5. The lowest BCUT2D eigenvalue weighted by molar-refractivity contribution is 0.332. The Hall–Kier alpha value is -1.75. The fourth-order valence-corrected chi connectivity index (χ4v) is 2.08. The summed E-state index contributed by atoms with van der Waals surface area (Å²) in [5, 5.41) is 3.09. The molecule has 3 nitrogen and oxygen atoms in total. The molecule has 0 saturated carbocycles. The molecule has 0 aliphatic heterocycles. The number of methoxy groups -OCH3 is 1. The molecule has 1 N–H and O–H groups in total. The lowest BCUT2D eigenvalue weighted by Gasteiger charge is -2.10. The molecule has 2 rings (SSSR count). The predicted molar refractivity (Wildman–Crippen MR) is 81.1 cm³/mol. The number of rotatable bonds is 6. The first-order valence-corrected chi connectivity index (χ1v) is 6.94. The van der Waals surface area contributed by atoms with E-state index in [1.165, 1.54) is 13.2 Å². The quantitative estimate of drug-likeness (QED) is 0.804. The Kier molecular flexibility index (Phi) is 5.24. The van der Waals surface area contributed by atoms with E-state index in [2.05, 4.69) is 21.2 Å². The van der Waals surface area contributed by atoms with Gasteiger partial charge in [0.05, 0.1) is 7.11 Å². The molecule has 106 valence electrons. The van der Waals surface area contributed by atoms with Crippen molar-refractivity contribution in [2.45, 2.75) is 0 Å². The van der Waals surface area contributed by atoms with Crippen LogP contribution in [-0.4, -0.2) is 20.3 Å². The summed E-state index contributed by atoms with van der Waals surface area (Å²) in [6.45, 7) is 1.07. The van der Waals surface area contributed by atoms with E-state index in [1.54, 1.807) is 12.1 Å². The van der Waals surface area contributed by atoms with Crippen molar-refractivity contribution in [3.8, 4) is 11.5 Å². The Balaban J connectivity index is 1.80. The Morgan fingerprint density at radius 3 is 2.75 bits per heavy atom. The zero-order chi connectivity index (χ0) is 14.4. The lowest BCUT2D eigenvalue weighted by atomic mass is 10.3. The standard InChI is InChI=1S/C15H15BrFNO2/c1-19-15-6-5-12(10-14(15)17)18-7-8-20-13-4-2-3-11(16)9-13/h2-6,9-10,18H,7-8H2,1H3. The van der Waals surface area contributed by atoms with E-state index < -0.39 is 0 Å². The third kappa shape index (κ3) is 4.13. The first-order valence-electron chi connectivity index (χ1n) is 6.15. The van der Waals surface area contributed by atoms with Crippen molar-refractivity contribution in [1.29, 1.82) is 0 Å². The van der Waals surface area contributed by atoms with Gasteiger partial charge in [-0.2, -0.15) is 0 Å². The van der Waals surface area contributed by atoms with Gasteiger partial charge in [-0.05, 0) is 30.3 Å². The van der Waals surface area contributed by atoms with Crippen LogP contribution in [0.4, 0.5) is 10.1 Å². The number of ether oxygens (including phenoxy) is 2.